The van der Waals surface area contributed by atoms with Crippen LogP contribution in [0.4, 0.5) is 5.13 Å². The van der Waals surface area contributed by atoms with Gasteiger partial charge in [-0.25, -0.2) is 9.78 Å². The lowest BCUT2D eigenvalue weighted by atomic mass is 10.2. The van der Waals surface area contributed by atoms with Crippen LogP contribution in [0.1, 0.15) is 20.9 Å². The molecule has 2 rings (SSSR count). The van der Waals surface area contributed by atoms with E-state index >= 15 is 0 Å². The number of aromatic nitrogens is 1. The second-order valence-corrected chi connectivity index (χ2v) is 4.38. The highest BCUT2D eigenvalue weighted by molar-refractivity contribution is 7.16. The number of hydrogen-bond donors (Lipinski definition) is 2. The van der Waals surface area contributed by atoms with Crippen LogP contribution in [0.15, 0.2) is 30.3 Å². The summed E-state index contributed by atoms with van der Waals surface area (Å²) in [5, 5.41) is 9.19. The number of carboxylic acid groups (broad SMARTS) is 1. The Bertz CT molecular complexity index is 561. The van der Waals surface area contributed by atoms with Crippen LogP contribution in [0, 0.1) is 0 Å². The minimum Gasteiger partial charge on any atom is -0.476 e. The predicted molar refractivity (Wildman–Crippen MR) is 68.9 cm³/mol. The standard InChI is InChI=1S/C12H10N2O2S/c13-12-14-10(11(15)16)9(17-12)7-6-8-4-2-1-3-5-8/h1-7H,(H2,13,14)(H,15,16). The molecule has 0 saturated carbocycles. The van der Waals surface area contributed by atoms with Crippen LogP contribution in [-0.2, 0) is 0 Å². The van der Waals surface area contributed by atoms with Gasteiger partial charge in [0.25, 0.3) is 0 Å². The van der Waals surface area contributed by atoms with Gasteiger partial charge in [-0.15, -0.1) is 0 Å². The third-order valence-corrected chi connectivity index (χ3v) is 2.95. The van der Waals surface area contributed by atoms with Crippen molar-refractivity contribution < 1.29 is 9.90 Å². The van der Waals surface area contributed by atoms with Gasteiger partial charge in [0, 0.05) is 0 Å². The zero-order chi connectivity index (χ0) is 12.3. The molecule has 0 aliphatic heterocycles. The number of carbonyl (C=O) groups is 1. The third-order valence-electron chi connectivity index (χ3n) is 2.10. The van der Waals surface area contributed by atoms with Gasteiger partial charge in [0.2, 0.25) is 0 Å². The number of nitrogen functional groups attached to an aromatic ring is 1. The highest BCUT2D eigenvalue weighted by atomic mass is 32.1. The first-order chi connectivity index (χ1) is 8.16. The van der Waals surface area contributed by atoms with Crippen LogP contribution < -0.4 is 5.73 Å². The van der Waals surface area contributed by atoms with Crippen molar-refractivity contribution in [3.63, 3.8) is 0 Å². The molecule has 0 saturated heterocycles. The van der Waals surface area contributed by atoms with E-state index in [9.17, 15) is 4.79 Å². The molecule has 0 spiro atoms. The molecule has 0 fully saturated rings. The largest absolute Gasteiger partial charge is 0.476 e. The van der Waals surface area contributed by atoms with Crippen molar-refractivity contribution in [2.75, 3.05) is 5.73 Å². The molecule has 1 aromatic carbocycles. The van der Waals surface area contributed by atoms with Crippen LogP contribution in [0.3, 0.4) is 0 Å². The number of hydrogen-bond acceptors (Lipinski definition) is 4. The third kappa shape index (κ3) is 2.70. The van der Waals surface area contributed by atoms with E-state index in [2.05, 4.69) is 4.98 Å². The molecule has 1 aromatic heterocycles. The fourth-order valence-corrected chi connectivity index (χ4v) is 2.08. The number of nitrogens with two attached hydrogens (primary N) is 1. The lowest BCUT2D eigenvalue weighted by Gasteiger charge is -1.91. The molecule has 2 aromatic rings. The van der Waals surface area contributed by atoms with Crippen molar-refractivity contribution in [3.8, 4) is 0 Å². The first-order valence-electron chi connectivity index (χ1n) is 4.89. The first kappa shape index (κ1) is 11.3. The van der Waals surface area contributed by atoms with Crippen molar-refractivity contribution >= 4 is 34.6 Å². The van der Waals surface area contributed by atoms with Crippen molar-refractivity contribution in [1.82, 2.24) is 4.98 Å². The molecular weight excluding hydrogens is 236 g/mol. The monoisotopic (exact) mass is 246 g/mol. The first-order valence-corrected chi connectivity index (χ1v) is 5.71. The van der Waals surface area contributed by atoms with Crippen LogP contribution in [0.5, 0.6) is 0 Å². The second kappa shape index (κ2) is 4.80. The van der Waals surface area contributed by atoms with Crippen LogP contribution in [0.25, 0.3) is 12.2 Å². The van der Waals surface area contributed by atoms with E-state index in [1.165, 1.54) is 0 Å². The molecule has 0 aliphatic carbocycles. The SMILES string of the molecule is Nc1nc(C(=O)O)c(C=Cc2ccccc2)s1. The summed E-state index contributed by atoms with van der Waals surface area (Å²) in [6.07, 6.45) is 3.55. The van der Waals surface area contributed by atoms with Gasteiger partial charge in [0.1, 0.15) is 0 Å². The quantitative estimate of drug-likeness (QED) is 0.872. The minimum absolute atomic E-state index is 0.000295. The fraction of sp³-hybridized carbons (Fsp3) is 0. The summed E-state index contributed by atoms with van der Waals surface area (Å²) in [5.74, 6) is -1.06. The number of benzene rings is 1. The molecule has 17 heavy (non-hydrogen) atoms. The zero-order valence-electron chi connectivity index (χ0n) is 8.83. The number of rotatable bonds is 3. The number of nitrogens with zero attached hydrogens (tertiary/aromatic N) is 1. The summed E-state index contributed by atoms with van der Waals surface area (Å²) in [5.41, 5.74) is 6.49. The summed E-state index contributed by atoms with van der Waals surface area (Å²) in [6, 6.07) is 9.62. The van der Waals surface area contributed by atoms with Crippen molar-refractivity contribution in [2.24, 2.45) is 0 Å². The van der Waals surface area contributed by atoms with Gasteiger partial charge >= 0.3 is 5.97 Å². The maximum Gasteiger partial charge on any atom is 0.356 e. The van der Waals surface area contributed by atoms with E-state index in [-0.39, 0.29) is 10.8 Å². The Kier molecular flexibility index (Phi) is 3.20. The zero-order valence-corrected chi connectivity index (χ0v) is 9.65. The molecule has 0 unspecified atom stereocenters. The van der Waals surface area contributed by atoms with Crippen LogP contribution in [-0.4, -0.2) is 16.1 Å². The van der Waals surface area contributed by atoms with Gasteiger partial charge in [-0.3, -0.25) is 0 Å². The summed E-state index contributed by atoms with van der Waals surface area (Å²) >= 11 is 1.16. The second-order valence-electron chi connectivity index (χ2n) is 3.31. The Morgan fingerprint density at radius 2 is 2.00 bits per heavy atom. The molecule has 5 heteroatoms. The normalized spacial score (nSPS) is 10.8. The van der Waals surface area contributed by atoms with Gasteiger partial charge in [-0.2, -0.15) is 0 Å². The van der Waals surface area contributed by atoms with E-state index in [0.717, 1.165) is 16.9 Å². The van der Waals surface area contributed by atoms with Gasteiger partial charge in [-0.05, 0) is 11.6 Å². The predicted octanol–water partition coefficient (Wildman–Crippen LogP) is 2.59. The number of aromatic carboxylic acids is 1. The Morgan fingerprint density at radius 3 is 2.65 bits per heavy atom. The maximum atomic E-state index is 10.9. The Morgan fingerprint density at radius 1 is 1.29 bits per heavy atom. The Hall–Kier alpha value is -2.14. The molecule has 0 aliphatic rings. The van der Waals surface area contributed by atoms with Gasteiger partial charge in [0.15, 0.2) is 10.8 Å². The van der Waals surface area contributed by atoms with Gasteiger partial charge in [0.05, 0.1) is 4.88 Å². The van der Waals surface area contributed by atoms with Crippen molar-refractivity contribution in [1.29, 1.82) is 0 Å². The molecular formula is C12H10N2O2S. The Labute approximate surface area is 102 Å². The van der Waals surface area contributed by atoms with E-state index in [1.54, 1.807) is 6.08 Å². The highest BCUT2D eigenvalue weighted by Gasteiger charge is 2.13. The topological polar surface area (TPSA) is 76.2 Å². The van der Waals surface area contributed by atoms with Crippen LogP contribution in [0.2, 0.25) is 0 Å². The van der Waals surface area contributed by atoms with E-state index in [1.807, 2.05) is 36.4 Å². The molecule has 0 bridgehead atoms. The number of carboxylic acids is 1. The van der Waals surface area contributed by atoms with Crippen LogP contribution >= 0.6 is 11.3 Å². The molecule has 3 N–H and O–H groups in total. The smallest absolute Gasteiger partial charge is 0.356 e. The molecule has 0 atom stereocenters. The molecule has 0 amide bonds. The molecule has 0 radical (unpaired) electrons. The molecule has 4 nitrogen and oxygen atoms in total. The lowest BCUT2D eigenvalue weighted by molar-refractivity contribution is 0.0691. The average molecular weight is 246 g/mol. The van der Waals surface area contributed by atoms with Gasteiger partial charge in [-0.1, -0.05) is 47.7 Å². The fourth-order valence-electron chi connectivity index (χ4n) is 1.35. The highest BCUT2D eigenvalue weighted by Crippen LogP contribution is 2.22. The summed E-state index contributed by atoms with van der Waals surface area (Å²) < 4.78 is 0. The van der Waals surface area contributed by atoms with Gasteiger partial charge < -0.3 is 10.8 Å². The average Bonchev–Trinajstić information content (AvgIpc) is 2.69. The van der Waals surface area contributed by atoms with Crippen molar-refractivity contribution in [2.45, 2.75) is 0 Å². The van der Waals surface area contributed by atoms with E-state index < -0.39 is 5.97 Å². The minimum atomic E-state index is -1.06. The lowest BCUT2D eigenvalue weighted by Crippen LogP contribution is -1.98. The summed E-state index contributed by atoms with van der Waals surface area (Å²) in [7, 11) is 0. The van der Waals surface area contributed by atoms with E-state index in [4.69, 9.17) is 10.8 Å². The molecule has 1 heterocycles. The number of thiazole rings is 1. The maximum absolute atomic E-state index is 10.9. The molecule has 86 valence electrons. The summed E-state index contributed by atoms with van der Waals surface area (Å²) in [6.45, 7) is 0. The van der Waals surface area contributed by atoms with E-state index in [0.29, 0.717) is 4.88 Å². The Balaban J connectivity index is 2.30. The van der Waals surface area contributed by atoms with Crippen molar-refractivity contribution in [3.05, 3.63) is 46.5 Å². The number of anilines is 1. The summed E-state index contributed by atoms with van der Waals surface area (Å²) in [4.78, 5) is 15.2.